The summed E-state index contributed by atoms with van der Waals surface area (Å²) < 4.78 is 33.1. The lowest BCUT2D eigenvalue weighted by Crippen LogP contribution is -2.31. The predicted molar refractivity (Wildman–Crippen MR) is 154 cm³/mol. The molecule has 0 atom stereocenters. The number of para-hydroxylation sites is 2. The SMILES string of the molecule is Cc1cccc(C(C)C)c1N(Cc1ccc(C(=O)Nc2ccc3c(c2)oc2ccccc23)cc1)S(C)(=O)=O. The van der Waals surface area contributed by atoms with Crippen molar-refractivity contribution in [2.24, 2.45) is 0 Å². The van der Waals surface area contributed by atoms with Crippen LogP contribution in [0.15, 0.2) is 89.3 Å². The van der Waals surface area contributed by atoms with Gasteiger partial charge in [0.25, 0.3) is 5.91 Å². The second-order valence-corrected chi connectivity index (χ2v) is 11.8. The molecular weight excluding hydrogens is 496 g/mol. The molecule has 0 spiro atoms. The standard InChI is InChI=1S/C31H30N2O4S/c1-20(2)25-10-7-8-21(3)30(25)33(38(4,35)36)19-22-12-14-23(15-13-22)31(34)32-24-16-17-27-26-9-5-6-11-28(26)37-29(27)18-24/h5-18,20H,19H2,1-4H3,(H,32,34). The van der Waals surface area contributed by atoms with E-state index in [2.05, 4.69) is 19.2 Å². The van der Waals surface area contributed by atoms with Gasteiger partial charge in [0.1, 0.15) is 11.2 Å². The third-order valence-electron chi connectivity index (χ3n) is 6.72. The molecule has 1 aromatic heterocycles. The van der Waals surface area contributed by atoms with Crippen molar-refractivity contribution in [2.75, 3.05) is 15.9 Å². The van der Waals surface area contributed by atoms with Crippen LogP contribution < -0.4 is 9.62 Å². The van der Waals surface area contributed by atoms with Gasteiger partial charge >= 0.3 is 0 Å². The summed E-state index contributed by atoms with van der Waals surface area (Å²) in [5.41, 5.74) is 6.00. The molecule has 4 aromatic carbocycles. The quantitative estimate of drug-likeness (QED) is 0.242. The highest BCUT2D eigenvalue weighted by Gasteiger charge is 2.24. The summed E-state index contributed by atoms with van der Waals surface area (Å²) in [5.74, 6) is -0.0908. The number of hydrogen-bond donors (Lipinski definition) is 1. The monoisotopic (exact) mass is 526 g/mol. The van der Waals surface area contributed by atoms with Crippen LogP contribution in [-0.2, 0) is 16.6 Å². The molecule has 0 saturated carbocycles. The molecule has 0 unspecified atom stereocenters. The third kappa shape index (κ3) is 5.02. The lowest BCUT2D eigenvalue weighted by atomic mass is 9.98. The molecule has 6 nitrogen and oxygen atoms in total. The molecule has 38 heavy (non-hydrogen) atoms. The molecule has 0 aliphatic rings. The van der Waals surface area contributed by atoms with E-state index in [1.807, 2.05) is 67.6 Å². The van der Waals surface area contributed by atoms with E-state index in [-0.39, 0.29) is 18.4 Å². The van der Waals surface area contributed by atoms with Gasteiger partial charge in [-0.05, 0) is 59.9 Å². The summed E-state index contributed by atoms with van der Waals surface area (Å²) in [6.45, 7) is 6.21. The number of aryl methyl sites for hydroxylation is 1. The number of benzene rings is 4. The van der Waals surface area contributed by atoms with E-state index in [4.69, 9.17) is 4.42 Å². The highest BCUT2D eigenvalue weighted by Crippen LogP contribution is 2.34. The molecule has 0 aliphatic heterocycles. The normalized spacial score (nSPS) is 11.8. The van der Waals surface area contributed by atoms with Gasteiger partial charge in [-0.2, -0.15) is 0 Å². The van der Waals surface area contributed by atoms with E-state index >= 15 is 0 Å². The average molecular weight is 527 g/mol. The summed E-state index contributed by atoms with van der Waals surface area (Å²) in [7, 11) is -3.54. The Bertz CT molecular complexity index is 1750. The zero-order valence-electron chi connectivity index (χ0n) is 21.9. The Morgan fingerprint density at radius 1 is 0.895 bits per heavy atom. The first kappa shape index (κ1) is 25.5. The number of amides is 1. The second kappa shape index (κ2) is 9.99. The van der Waals surface area contributed by atoms with E-state index in [9.17, 15) is 13.2 Å². The molecule has 0 aliphatic carbocycles. The second-order valence-electron chi connectivity index (χ2n) is 9.90. The van der Waals surface area contributed by atoms with Gasteiger partial charge in [0.15, 0.2) is 0 Å². The first-order valence-corrected chi connectivity index (χ1v) is 14.4. The number of sulfonamides is 1. The van der Waals surface area contributed by atoms with Crippen molar-refractivity contribution in [1.82, 2.24) is 0 Å². The van der Waals surface area contributed by atoms with Crippen LogP contribution in [0.4, 0.5) is 11.4 Å². The summed E-state index contributed by atoms with van der Waals surface area (Å²) in [4.78, 5) is 13.0. The highest BCUT2D eigenvalue weighted by atomic mass is 32.2. The molecule has 1 N–H and O–H groups in total. The van der Waals surface area contributed by atoms with Crippen LogP contribution in [-0.4, -0.2) is 20.6 Å². The van der Waals surface area contributed by atoms with Gasteiger partial charge in [0.2, 0.25) is 10.0 Å². The van der Waals surface area contributed by atoms with E-state index in [1.165, 1.54) is 10.6 Å². The number of fused-ring (bicyclic) bond motifs is 3. The summed E-state index contributed by atoms with van der Waals surface area (Å²) >= 11 is 0. The average Bonchev–Trinajstić information content (AvgIpc) is 3.25. The third-order valence-corrected chi connectivity index (χ3v) is 7.83. The Morgan fingerprint density at radius 2 is 1.61 bits per heavy atom. The lowest BCUT2D eigenvalue weighted by Gasteiger charge is -2.28. The highest BCUT2D eigenvalue weighted by molar-refractivity contribution is 7.92. The van der Waals surface area contributed by atoms with Crippen molar-refractivity contribution >= 4 is 49.2 Å². The number of carbonyl (C=O) groups is 1. The van der Waals surface area contributed by atoms with E-state index in [0.717, 1.165) is 33.0 Å². The molecular formula is C31H30N2O4S. The van der Waals surface area contributed by atoms with Gasteiger partial charge in [0.05, 0.1) is 18.5 Å². The van der Waals surface area contributed by atoms with Gasteiger partial charge in [-0.3, -0.25) is 9.10 Å². The fourth-order valence-corrected chi connectivity index (χ4v) is 5.75. The van der Waals surface area contributed by atoms with Crippen LogP contribution in [0.3, 0.4) is 0 Å². The largest absolute Gasteiger partial charge is 0.456 e. The fourth-order valence-electron chi connectivity index (χ4n) is 4.78. The number of anilines is 2. The number of carbonyl (C=O) groups excluding carboxylic acids is 1. The Morgan fingerprint density at radius 3 is 2.32 bits per heavy atom. The molecule has 0 saturated heterocycles. The number of rotatable bonds is 7. The minimum Gasteiger partial charge on any atom is -0.456 e. The van der Waals surface area contributed by atoms with Gasteiger partial charge in [-0.1, -0.05) is 62.4 Å². The van der Waals surface area contributed by atoms with Crippen molar-refractivity contribution in [3.8, 4) is 0 Å². The maximum absolute atomic E-state index is 13.0. The van der Waals surface area contributed by atoms with Crippen LogP contribution in [0.25, 0.3) is 21.9 Å². The van der Waals surface area contributed by atoms with Crippen LogP contribution in [0.5, 0.6) is 0 Å². The predicted octanol–water partition coefficient (Wildman–Crippen LogP) is 7.24. The Kier molecular flexibility index (Phi) is 6.71. The summed E-state index contributed by atoms with van der Waals surface area (Å²) in [6.07, 6.45) is 1.23. The number of nitrogens with zero attached hydrogens (tertiary/aromatic N) is 1. The zero-order chi connectivity index (χ0) is 27.0. The zero-order valence-corrected chi connectivity index (χ0v) is 22.7. The van der Waals surface area contributed by atoms with Crippen molar-refractivity contribution < 1.29 is 17.6 Å². The Hall–Kier alpha value is -4.10. The molecule has 1 heterocycles. The number of hydrogen-bond acceptors (Lipinski definition) is 4. The smallest absolute Gasteiger partial charge is 0.255 e. The maximum Gasteiger partial charge on any atom is 0.255 e. The molecule has 0 radical (unpaired) electrons. The lowest BCUT2D eigenvalue weighted by molar-refractivity contribution is 0.102. The molecule has 0 fully saturated rings. The molecule has 1 amide bonds. The molecule has 5 aromatic rings. The fraction of sp³-hybridized carbons (Fsp3) is 0.194. The summed E-state index contributed by atoms with van der Waals surface area (Å²) in [6, 6.07) is 26.3. The molecule has 7 heteroatoms. The van der Waals surface area contributed by atoms with Gasteiger partial charge in [-0.25, -0.2) is 8.42 Å². The van der Waals surface area contributed by atoms with Crippen LogP contribution in [0, 0.1) is 6.92 Å². The van der Waals surface area contributed by atoms with Gasteiger partial charge < -0.3 is 9.73 Å². The van der Waals surface area contributed by atoms with E-state index in [0.29, 0.717) is 22.5 Å². The Labute approximate surface area is 222 Å². The van der Waals surface area contributed by atoms with Crippen molar-refractivity contribution in [1.29, 1.82) is 0 Å². The molecule has 194 valence electrons. The first-order chi connectivity index (χ1) is 18.1. The van der Waals surface area contributed by atoms with E-state index in [1.54, 1.807) is 24.3 Å². The van der Waals surface area contributed by atoms with Gasteiger partial charge in [-0.15, -0.1) is 0 Å². The topological polar surface area (TPSA) is 79.6 Å². The maximum atomic E-state index is 13.0. The van der Waals surface area contributed by atoms with Gasteiger partial charge in [0, 0.05) is 28.1 Å². The van der Waals surface area contributed by atoms with E-state index < -0.39 is 10.0 Å². The Balaban J connectivity index is 1.36. The minimum atomic E-state index is -3.54. The first-order valence-electron chi connectivity index (χ1n) is 12.5. The van der Waals surface area contributed by atoms with Crippen LogP contribution in [0.2, 0.25) is 0 Å². The summed E-state index contributed by atoms with van der Waals surface area (Å²) in [5, 5.41) is 4.95. The van der Waals surface area contributed by atoms with Crippen LogP contribution >= 0.6 is 0 Å². The number of nitrogens with one attached hydrogen (secondary N) is 1. The minimum absolute atomic E-state index is 0.166. The molecule has 0 bridgehead atoms. The van der Waals surface area contributed by atoms with Crippen molar-refractivity contribution in [2.45, 2.75) is 33.2 Å². The molecule has 5 rings (SSSR count). The van der Waals surface area contributed by atoms with Crippen LogP contribution in [0.1, 0.15) is 46.8 Å². The van der Waals surface area contributed by atoms with Crippen molar-refractivity contribution in [3.05, 3.63) is 107 Å². The van der Waals surface area contributed by atoms with Crippen molar-refractivity contribution in [3.63, 3.8) is 0 Å². The number of furan rings is 1.